The monoisotopic (exact) mass is 291 g/mol. The van der Waals surface area contributed by atoms with Crippen LogP contribution in [0.5, 0.6) is 5.75 Å². The molecule has 0 bridgehead atoms. The van der Waals surface area contributed by atoms with Crippen LogP contribution in [0.25, 0.3) is 0 Å². The highest BCUT2D eigenvalue weighted by atomic mass is 16.5. The maximum absolute atomic E-state index is 11.9. The Kier molecular flexibility index (Phi) is 5.20. The minimum absolute atomic E-state index is 0.0440. The van der Waals surface area contributed by atoms with Gasteiger partial charge in [-0.3, -0.25) is 9.59 Å². The van der Waals surface area contributed by atoms with E-state index < -0.39 is 5.97 Å². The molecular formula is C16H21NO4. The lowest BCUT2D eigenvalue weighted by Crippen LogP contribution is -2.41. The Morgan fingerprint density at radius 2 is 2.19 bits per heavy atom. The van der Waals surface area contributed by atoms with Gasteiger partial charge in [0.15, 0.2) is 6.61 Å². The number of hydrogen-bond donors (Lipinski definition) is 2. The molecule has 2 unspecified atom stereocenters. The normalized spacial score (nSPS) is 21.6. The molecule has 1 aliphatic carbocycles. The molecule has 0 spiro atoms. The summed E-state index contributed by atoms with van der Waals surface area (Å²) in [6, 6.07) is 7.45. The Balaban J connectivity index is 1.78. The van der Waals surface area contributed by atoms with E-state index in [1.165, 1.54) is 0 Å². The van der Waals surface area contributed by atoms with Gasteiger partial charge < -0.3 is 15.2 Å². The predicted octanol–water partition coefficient (Wildman–Crippen LogP) is 2.13. The van der Waals surface area contributed by atoms with Crippen molar-refractivity contribution in [2.45, 2.75) is 38.6 Å². The first kappa shape index (κ1) is 15.4. The van der Waals surface area contributed by atoms with Crippen molar-refractivity contribution in [3.05, 3.63) is 29.8 Å². The average Bonchev–Trinajstić information content (AvgIpc) is 2.45. The molecule has 2 rings (SSSR count). The van der Waals surface area contributed by atoms with E-state index in [1.807, 2.05) is 25.1 Å². The smallest absolute Gasteiger partial charge is 0.306 e. The molecule has 0 heterocycles. The minimum Gasteiger partial charge on any atom is -0.484 e. The highest BCUT2D eigenvalue weighted by molar-refractivity contribution is 5.78. The number of carboxylic acids is 1. The van der Waals surface area contributed by atoms with Crippen LogP contribution in [0.4, 0.5) is 0 Å². The van der Waals surface area contributed by atoms with Crippen LogP contribution < -0.4 is 10.1 Å². The third-order valence-corrected chi connectivity index (χ3v) is 3.75. The van der Waals surface area contributed by atoms with Gasteiger partial charge in [-0.15, -0.1) is 0 Å². The lowest BCUT2D eigenvalue weighted by Gasteiger charge is -2.27. The van der Waals surface area contributed by atoms with Crippen LogP contribution in [-0.2, 0) is 9.59 Å². The zero-order valence-electron chi connectivity index (χ0n) is 12.2. The number of nitrogens with one attached hydrogen (secondary N) is 1. The van der Waals surface area contributed by atoms with Gasteiger partial charge in [0.1, 0.15) is 5.75 Å². The number of benzene rings is 1. The molecule has 5 heteroatoms. The molecule has 2 N–H and O–H groups in total. The molecule has 1 aromatic rings. The molecule has 0 aromatic heterocycles. The topological polar surface area (TPSA) is 75.6 Å². The van der Waals surface area contributed by atoms with Gasteiger partial charge in [0.05, 0.1) is 5.92 Å². The Hall–Kier alpha value is -2.04. The average molecular weight is 291 g/mol. The van der Waals surface area contributed by atoms with Crippen LogP contribution in [0.3, 0.4) is 0 Å². The van der Waals surface area contributed by atoms with Gasteiger partial charge in [0, 0.05) is 6.04 Å². The second-order valence-electron chi connectivity index (χ2n) is 5.57. The standard InChI is InChI=1S/C16H21NO4/c1-11-4-2-7-14(8-11)21-10-15(18)17-13-6-3-5-12(9-13)16(19)20/h2,4,7-8,12-13H,3,5-6,9-10H2,1H3,(H,17,18)(H,19,20). The summed E-state index contributed by atoms with van der Waals surface area (Å²) in [6.07, 6.45) is 2.87. The number of aliphatic carboxylic acids is 1. The number of amides is 1. The molecule has 21 heavy (non-hydrogen) atoms. The summed E-state index contributed by atoms with van der Waals surface area (Å²) in [4.78, 5) is 22.9. The molecule has 1 aromatic carbocycles. The van der Waals surface area contributed by atoms with Gasteiger partial charge in [-0.2, -0.15) is 0 Å². The van der Waals surface area contributed by atoms with E-state index in [-0.39, 0.29) is 24.5 Å². The van der Waals surface area contributed by atoms with Crippen LogP contribution in [-0.4, -0.2) is 29.6 Å². The first-order valence-corrected chi connectivity index (χ1v) is 7.26. The fourth-order valence-electron chi connectivity index (χ4n) is 2.67. The molecule has 0 radical (unpaired) electrons. The number of hydrogen-bond acceptors (Lipinski definition) is 3. The first-order valence-electron chi connectivity index (χ1n) is 7.26. The van der Waals surface area contributed by atoms with Crippen molar-refractivity contribution < 1.29 is 19.4 Å². The fraction of sp³-hybridized carbons (Fsp3) is 0.500. The van der Waals surface area contributed by atoms with E-state index in [2.05, 4.69) is 5.32 Å². The Morgan fingerprint density at radius 3 is 2.90 bits per heavy atom. The third-order valence-electron chi connectivity index (χ3n) is 3.75. The van der Waals surface area contributed by atoms with E-state index in [1.54, 1.807) is 6.07 Å². The number of carboxylic acid groups (broad SMARTS) is 1. The Morgan fingerprint density at radius 1 is 1.38 bits per heavy atom. The molecule has 1 fully saturated rings. The lowest BCUT2D eigenvalue weighted by atomic mass is 9.86. The van der Waals surface area contributed by atoms with Crippen molar-refractivity contribution in [1.82, 2.24) is 5.32 Å². The minimum atomic E-state index is -0.773. The van der Waals surface area contributed by atoms with Crippen molar-refractivity contribution in [1.29, 1.82) is 0 Å². The van der Waals surface area contributed by atoms with Gasteiger partial charge in [-0.1, -0.05) is 18.6 Å². The SMILES string of the molecule is Cc1cccc(OCC(=O)NC2CCCC(C(=O)O)C2)c1. The Bertz CT molecular complexity index is 515. The summed E-state index contributed by atoms with van der Waals surface area (Å²) in [5.41, 5.74) is 1.07. The zero-order chi connectivity index (χ0) is 15.2. The second kappa shape index (κ2) is 7.11. The second-order valence-corrected chi connectivity index (χ2v) is 5.57. The lowest BCUT2D eigenvalue weighted by molar-refractivity contribution is -0.143. The summed E-state index contributed by atoms with van der Waals surface area (Å²) in [5.74, 6) is -0.656. The fourth-order valence-corrected chi connectivity index (χ4v) is 2.67. The highest BCUT2D eigenvalue weighted by Crippen LogP contribution is 2.24. The number of ether oxygens (including phenoxy) is 1. The number of rotatable bonds is 5. The maximum Gasteiger partial charge on any atom is 0.306 e. The molecule has 5 nitrogen and oxygen atoms in total. The Labute approximate surface area is 124 Å². The van der Waals surface area contributed by atoms with Gasteiger partial charge in [0.2, 0.25) is 0 Å². The summed E-state index contributed by atoms with van der Waals surface area (Å²) < 4.78 is 5.44. The van der Waals surface area contributed by atoms with Crippen LogP contribution in [0.15, 0.2) is 24.3 Å². The van der Waals surface area contributed by atoms with E-state index >= 15 is 0 Å². The van der Waals surface area contributed by atoms with E-state index in [0.29, 0.717) is 18.6 Å². The summed E-state index contributed by atoms with van der Waals surface area (Å²) in [6.45, 7) is 1.92. The maximum atomic E-state index is 11.9. The molecule has 1 saturated carbocycles. The van der Waals surface area contributed by atoms with Crippen molar-refractivity contribution in [3.63, 3.8) is 0 Å². The predicted molar refractivity (Wildman–Crippen MR) is 78.2 cm³/mol. The van der Waals surface area contributed by atoms with Crippen LogP contribution in [0.2, 0.25) is 0 Å². The summed E-state index contributed by atoms with van der Waals surface area (Å²) in [5, 5.41) is 11.9. The molecule has 114 valence electrons. The highest BCUT2D eigenvalue weighted by Gasteiger charge is 2.27. The summed E-state index contributed by atoms with van der Waals surface area (Å²) >= 11 is 0. The van der Waals surface area contributed by atoms with Crippen LogP contribution in [0.1, 0.15) is 31.2 Å². The van der Waals surface area contributed by atoms with Gasteiger partial charge >= 0.3 is 5.97 Å². The van der Waals surface area contributed by atoms with Crippen molar-refractivity contribution in [2.75, 3.05) is 6.61 Å². The first-order chi connectivity index (χ1) is 10.0. The molecular weight excluding hydrogens is 270 g/mol. The molecule has 0 saturated heterocycles. The van der Waals surface area contributed by atoms with E-state index in [9.17, 15) is 9.59 Å². The largest absolute Gasteiger partial charge is 0.484 e. The summed E-state index contributed by atoms with van der Waals surface area (Å²) in [7, 11) is 0. The van der Waals surface area contributed by atoms with Crippen LogP contribution >= 0.6 is 0 Å². The molecule has 0 aliphatic heterocycles. The van der Waals surface area contributed by atoms with Gasteiger partial charge in [0.25, 0.3) is 5.91 Å². The van der Waals surface area contributed by atoms with E-state index in [0.717, 1.165) is 18.4 Å². The van der Waals surface area contributed by atoms with Crippen molar-refractivity contribution >= 4 is 11.9 Å². The van der Waals surface area contributed by atoms with Crippen molar-refractivity contribution in [2.24, 2.45) is 5.92 Å². The van der Waals surface area contributed by atoms with Gasteiger partial charge in [-0.25, -0.2) is 0 Å². The van der Waals surface area contributed by atoms with Crippen molar-refractivity contribution in [3.8, 4) is 5.75 Å². The number of aryl methyl sites for hydroxylation is 1. The quantitative estimate of drug-likeness (QED) is 0.871. The zero-order valence-corrected chi connectivity index (χ0v) is 12.2. The third kappa shape index (κ3) is 4.77. The number of carbonyl (C=O) groups is 2. The van der Waals surface area contributed by atoms with Crippen LogP contribution in [0, 0.1) is 12.8 Å². The van der Waals surface area contributed by atoms with Gasteiger partial charge in [-0.05, 0) is 43.9 Å². The van der Waals surface area contributed by atoms with E-state index in [4.69, 9.17) is 9.84 Å². The number of carbonyl (C=O) groups excluding carboxylic acids is 1. The molecule has 2 atom stereocenters. The molecule has 1 aliphatic rings. The molecule has 1 amide bonds.